The van der Waals surface area contributed by atoms with Crippen LogP contribution in [-0.2, 0) is 35.1 Å². The van der Waals surface area contributed by atoms with Crippen molar-refractivity contribution in [3.63, 3.8) is 0 Å². The van der Waals surface area contributed by atoms with Gasteiger partial charge in [0.15, 0.2) is 0 Å². The number of carboxylic acid groups (broad SMARTS) is 1. The minimum absolute atomic E-state index is 0.00830. The third-order valence-electron chi connectivity index (χ3n) is 7.81. The van der Waals surface area contributed by atoms with Crippen LogP contribution in [-0.4, -0.2) is 108 Å². The molecule has 0 saturated heterocycles. The summed E-state index contributed by atoms with van der Waals surface area (Å²) in [6.07, 6.45) is 1.60. The Bertz CT molecular complexity index is 1550. The molecule has 0 aliphatic heterocycles. The van der Waals surface area contributed by atoms with Gasteiger partial charge in [-0.2, -0.15) is 0 Å². The number of aliphatic hydroxyl groups is 1. The second kappa shape index (κ2) is 20.5. The highest BCUT2D eigenvalue weighted by molar-refractivity contribution is 5.81. The average Bonchev–Trinajstić information content (AvgIpc) is 3.49. The maximum atomic E-state index is 14.9. The number of benzene rings is 2. The molecule has 2 atom stereocenters. The Morgan fingerprint density at radius 1 is 0.980 bits per heavy atom. The topological polar surface area (TPSA) is 178 Å². The zero-order valence-electron chi connectivity index (χ0n) is 29.4. The van der Waals surface area contributed by atoms with Crippen LogP contribution >= 0.6 is 0 Å². The number of imidazole rings is 1. The van der Waals surface area contributed by atoms with Crippen LogP contribution in [0.2, 0.25) is 0 Å². The highest BCUT2D eigenvalue weighted by Crippen LogP contribution is 2.39. The third kappa shape index (κ3) is 13.4. The van der Waals surface area contributed by atoms with Gasteiger partial charge in [-0.1, -0.05) is 51.1 Å². The summed E-state index contributed by atoms with van der Waals surface area (Å²) in [4.78, 5) is 42.8. The largest absolute Gasteiger partial charge is 0.481 e. The molecule has 0 fully saturated rings. The number of nitrogens with zero attached hydrogens (tertiary/aromatic N) is 3. The van der Waals surface area contributed by atoms with E-state index >= 15 is 0 Å². The molecule has 1 heterocycles. The molecule has 1 aromatic heterocycles. The number of hydrogen-bond donors (Lipinski definition) is 4. The predicted octanol–water partition coefficient (Wildman–Crippen LogP) is 3.14. The summed E-state index contributed by atoms with van der Waals surface area (Å²) in [5.74, 6) is -2.89. The molecule has 0 spiro atoms. The molecule has 2 aromatic carbocycles. The van der Waals surface area contributed by atoms with Gasteiger partial charge in [0.2, 0.25) is 11.8 Å². The Kier molecular flexibility index (Phi) is 16.6. The van der Waals surface area contributed by atoms with Crippen molar-refractivity contribution < 1.29 is 47.6 Å². The minimum atomic E-state index is -0.995. The third-order valence-corrected chi connectivity index (χ3v) is 7.81. The molecule has 5 N–H and O–H groups in total. The van der Waals surface area contributed by atoms with Gasteiger partial charge in [-0.3, -0.25) is 14.4 Å². The summed E-state index contributed by atoms with van der Waals surface area (Å²) in [6.45, 7) is 6.82. The van der Waals surface area contributed by atoms with Crippen LogP contribution < -0.4 is 11.1 Å². The minimum Gasteiger partial charge on any atom is -0.481 e. The molecule has 3 rings (SSSR count). The molecule has 3 aromatic rings. The molecule has 0 bridgehead atoms. The number of carbonyl (C=O) groups is 3. The van der Waals surface area contributed by atoms with Crippen molar-refractivity contribution in [1.29, 1.82) is 0 Å². The van der Waals surface area contributed by atoms with E-state index < -0.39 is 53.5 Å². The van der Waals surface area contributed by atoms with Gasteiger partial charge in [-0.25, -0.2) is 13.8 Å². The maximum Gasteiger partial charge on any atom is 0.305 e. The molecule has 51 heavy (non-hydrogen) atoms. The van der Waals surface area contributed by atoms with Gasteiger partial charge in [0.1, 0.15) is 24.1 Å². The Labute approximate surface area is 296 Å². The van der Waals surface area contributed by atoms with E-state index in [9.17, 15) is 28.3 Å². The second-order valence-electron chi connectivity index (χ2n) is 12.9. The lowest BCUT2D eigenvalue weighted by molar-refractivity contribution is -0.140. The molecule has 280 valence electrons. The van der Waals surface area contributed by atoms with Crippen LogP contribution in [0.1, 0.15) is 51.0 Å². The number of rotatable bonds is 22. The number of aromatic nitrogens is 2. The van der Waals surface area contributed by atoms with E-state index in [0.717, 1.165) is 23.8 Å². The monoisotopic (exact) mass is 717 g/mol. The van der Waals surface area contributed by atoms with Crippen LogP contribution in [0.15, 0.2) is 54.7 Å². The molecule has 0 aliphatic carbocycles. The lowest BCUT2D eigenvalue weighted by Crippen LogP contribution is -2.48. The summed E-state index contributed by atoms with van der Waals surface area (Å²) in [5, 5.41) is 21.3. The van der Waals surface area contributed by atoms with Crippen molar-refractivity contribution >= 4 is 17.8 Å². The Morgan fingerprint density at radius 3 is 2.25 bits per heavy atom. The van der Waals surface area contributed by atoms with Crippen molar-refractivity contribution in [2.24, 2.45) is 11.1 Å². The summed E-state index contributed by atoms with van der Waals surface area (Å²) in [6, 6.07) is 10.8. The van der Waals surface area contributed by atoms with Gasteiger partial charge in [0.25, 0.3) is 0 Å². The highest BCUT2D eigenvalue weighted by Gasteiger charge is 2.38. The number of aliphatic hydroxyl groups excluding tert-OH is 1. The van der Waals surface area contributed by atoms with Gasteiger partial charge in [0.05, 0.1) is 63.8 Å². The number of carboxylic acids is 1. The van der Waals surface area contributed by atoms with E-state index in [-0.39, 0.29) is 63.6 Å². The van der Waals surface area contributed by atoms with E-state index in [4.69, 9.17) is 30.0 Å². The normalized spacial score (nSPS) is 12.8. The predicted molar refractivity (Wildman–Crippen MR) is 184 cm³/mol. The Balaban J connectivity index is 1.67. The van der Waals surface area contributed by atoms with Gasteiger partial charge in [-0.15, -0.1) is 0 Å². The van der Waals surface area contributed by atoms with E-state index in [1.54, 1.807) is 10.8 Å². The lowest BCUT2D eigenvalue weighted by atomic mass is 9.84. The maximum absolute atomic E-state index is 14.9. The second-order valence-corrected chi connectivity index (χ2v) is 12.9. The smallest absolute Gasteiger partial charge is 0.305 e. The highest BCUT2D eigenvalue weighted by atomic mass is 19.1. The number of amides is 2. The van der Waals surface area contributed by atoms with Gasteiger partial charge < -0.3 is 44.9 Å². The number of aliphatic carboxylic acids is 1. The number of carbonyl (C=O) groups excluding carboxylic acids is 2. The quantitative estimate of drug-likeness (QED) is 0.113. The molecule has 0 aliphatic rings. The zero-order valence-corrected chi connectivity index (χ0v) is 29.4. The first-order valence-electron chi connectivity index (χ1n) is 16.8. The van der Waals surface area contributed by atoms with Gasteiger partial charge in [-0.05, 0) is 35.6 Å². The van der Waals surface area contributed by atoms with Crippen LogP contribution in [0.25, 0.3) is 11.3 Å². The van der Waals surface area contributed by atoms with Crippen LogP contribution in [0.5, 0.6) is 0 Å². The standard InChI is InChI=1S/C36H49F2N5O8/c1-36(2,3)33(34-41-30(27-21-26(37)9-10-28(27)38)23-42(34)22-25-7-5-4-6-8-25)43(31(45)24-44)14-11-29(39)35(48)40-13-16-50-18-20-51-19-17-49-15-12-32(46)47/h4-10,21,23,29,33,44H,11-20,22,24,39H2,1-3H3,(H,40,48)(H,46,47)/t29-,33-/m0/s1. The number of ether oxygens (including phenoxy) is 3. The molecule has 0 saturated carbocycles. The first-order chi connectivity index (χ1) is 24.3. The fourth-order valence-corrected chi connectivity index (χ4v) is 5.35. The van der Waals surface area contributed by atoms with Crippen LogP contribution in [0, 0.1) is 17.0 Å². The van der Waals surface area contributed by atoms with Crippen molar-refractivity contribution in [3.8, 4) is 11.3 Å². The van der Waals surface area contributed by atoms with Crippen molar-refractivity contribution in [2.75, 3.05) is 59.3 Å². The van der Waals surface area contributed by atoms with Crippen molar-refractivity contribution in [1.82, 2.24) is 19.8 Å². The molecule has 0 radical (unpaired) electrons. The van der Waals surface area contributed by atoms with E-state index in [1.165, 1.54) is 4.90 Å². The van der Waals surface area contributed by atoms with E-state index in [2.05, 4.69) is 5.32 Å². The van der Waals surface area contributed by atoms with Crippen molar-refractivity contribution in [2.45, 2.75) is 52.2 Å². The number of hydrogen-bond acceptors (Lipinski definition) is 9. The van der Waals surface area contributed by atoms with E-state index in [1.807, 2.05) is 51.1 Å². The lowest BCUT2D eigenvalue weighted by Gasteiger charge is -2.40. The first kappa shape index (κ1) is 41.1. The average molecular weight is 718 g/mol. The summed E-state index contributed by atoms with van der Waals surface area (Å²) in [5.41, 5.74) is 6.60. The van der Waals surface area contributed by atoms with Crippen LogP contribution in [0.3, 0.4) is 0 Å². The Hall–Kier alpha value is -4.28. The fourth-order valence-electron chi connectivity index (χ4n) is 5.35. The summed E-state index contributed by atoms with van der Waals surface area (Å²) >= 11 is 0. The van der Waals surface area contributed by atoms with Gasteiger partial charge in [0, 0.05) is 31.4 Å². The fraction of sp³-hybridized carbons (Fsp3) is 0.500. The molecular formula is C36H49F2N5O8. The number of nitrogens with one attached hydrogen (secondary N) is 1. The van der Waals surface area contributed by atoms with E-state index in [0.29, 0.717) is 25.6 Å². The summed E-state index contributed by atoms with van der Waals surface area (Å²) in [7, 11) is 0. The number of nitrogens with two attached hydrogens (primary N) is 1. The molecule has 0 unspecified atom stereocenters. The van der Waals surface area contributed by atoms with Crippen molar-refractivity contribution in [3.05, 3.63) is 77.8 Å². The molecule has 13 nitrogen and oxygen atoms in total. The first-order valence-corrected chi connectivity index (χ1v) is 16.8. The van der Waals surface area contributed by atoms with Gasteiger partial charge >= 0.3 is 5.97 Å². The molecular weight excluding hydrogens is 668 g/mol. The SMILES string of the molecule is CC(C)(C)[C@H](c1nc(-c2cc(F)ccc2F)cn1Cc1ccccc1)N(CC[C@H](N)C(=O)NCCOCCOCCOCCC(=O)O)C(=O)CO. The zero-order chi connectivity index (χ0) is 37.4. The molecule has 2 amide bonds. The Morgan fingerprint density at radius 2 is 1.63 bits per heavy atom. The molecule has 15 heteroatoms. The summed E-state index contributed by atoms with van der Waals surface area (Å²) < 4.78 is 46.9. The number of halogens is 2. The van der Waals surface area contributed by atoms with Crippen LogP contribution in [0.4, 0.5) is 8.78 Å².